The van der Waals surface area contributed by atoms with Crippen LogP contribution in [0.15, 0.2) is 18.3 Å². The largest absolute Gasteiger partial charge is 0.417 e. The first-order valence-corrected chi connectivity index (χ1v) is 6.33. The van der Waals surface area contributed by atoms with Gasteiger partial charge in [-0.3, -0.25) is 0 Å². The zero-order valence-electron chi connectivity index (χ0n) is 10.5. The van der Waals surface area contributed by atoms with Crippen LogP contribution in [-0.2, 0) is 6.18 Å². The van der Waals surface area contributed by atoms with Crippen LogP contribution in [0.4, 0.5) is 19.0 Å². The molecule has 0 amide bonds. The van der Waals surface area contributed by atoms with Crippen molar-refractivity contribution in [2.75, 3.05) is 18.5 Å². The van der Waals surface area contributed by atoms with Crippen LogP contribution in [0, 0.1) is 5.41 Å². The minimum absolute atomic E-state index is 0.0979. The van der Waals surface area contributed by atoms with E-state index in [0.29, 0.717) is 12.4 Å². The van der Waals surface area contributed by atoms with Gasteiger partial charge in [0.2, 0.25) is 0 Å². The topological polar surface area (TPSA) is 45.1 Å². The Hall–Kier alpha value is -1.30. The average molecular weight is 274 g/mol. The molecule has 0 spiro atoms. The Morgan fingerprint density at radius 1 is 1.26 bits per heavy atom. The Balaban J connectivity index is 1.96. The number of alkyl halides is 3. The number of nitrogens with zero attached hydrogens (tertiary/aromatic N) is 1. The summed E-state index contributed by atoms with van der Waals surface area (Å²) in [5.74, 6) is 0.410. The highest BCUT2D eigenvalue weighted by Crippen LogP contribution is 2.37. The van der Waals surface area contributed by atoms with E-state index in [9.17, 15) is 18.3 Å². The molecule has 6 heteroatoms. The van der Waals surface area contributed by atoms with E-state index in [1.807, 2.05) is 0 Å². The molecule has 0 aromatic carbocycles. The van der Waals surface area contributed by atoms with E-state index in [4.69, 9.17) is 0 Å². The van der Waals surface area contributed by atoms with Crippen LogP contribution in [0.25, 0.3) is 0 Å². The minimum atomic E-state index is -4.36. The summed E-state index contributed by atoms with van der Waals surface area (Å²) in [5, 5.41) is 12.5. The lowest BCUT2D eigenvalue weighted by Gasteiger charge is -2.26. The first-order chi connectivity index (χ1) is 8.95. The van der Waals surface area contributed by atoms with Crippen molar-refractivity contribution < 1.29 is 18.3 Å². The number of aromatic nitrogens is 1. The van der Waals surface area contributed by atoms with Crippen LogP contribution >= 0.6 is 0 Å². The van der Waals surface area contributed by atoms with Gasteiger partial charge in [-0.15, -0.1) is 0 Å². The van der Waals surface area contributed by atoms with E-state index in [0.717, 1.165) is 37.9 Å². The van der Waals surface area contributed by atoms with Crippen LogP contribution in [0.1, 0.15) is 31.2 Å². The number of rotatable bonds is 4. The summed E-state index contributed by atoms with van der Waals surface area (Å²) >= 11 is 0. The zero-order chi connectivity index (χ0) is 13.9. The average Bonchev–Trinajstić information content (AvgIpc) is 2.85. The number of aliphatic hydroxyl groups excluding tert-OH is 1. The summed E-state index contributed by atoms with van der Waals surface area (Å²) in [6.45, 7) is 0.641. The van der Waals surface area contributed by atoms with Crippen LogP contribution in [0.2, 0.25) is 0 Å². The summed E-state index contributed by atoms with van der Waals surface area (Å²) in [4.78, 5) is 3.76. The monoisotopic (exact) mass is 274 g/mol. The van der Waals surface area contributed by atoms with Crippen molar-refractivity contribution in [3.05, 3.63) is 23.9 Å². The maximum absolute atomic E-state index is 12.4. The SMILES string of the molecule is OCC1(CNc2ccc(C(F)(F)F)cn2)CCCC1. The molecule has 1 aromatic heterocycles. The number of hydrogen-bond acceptors (Lipinski definition) is 3. The van der Waals surface area contributed by atoms with Gasteiger partial charge >= 0.3 is 6.18 Å². The highest BCUT2D eigenvalue weighted by atomic mass is 19.4. The summed E-state index contributed by atoms with van der Waals surface area (Å²) in [5.41, 5.74) is -0.902. The van der Waals surface area contributed by atoms with Gasteiger partial charge in [0.1, 0.15) is 5.82 Å². The number of anilines is 1. The van der Waals surface area contributed by atoms with E-state index in [1.54, 1.807) is 0 Å². The molecule has 1 aliphatic carbocycles. The quantitative estimate of drug-likeness (QED) is 0.887. The van der Waals surface area contributed by atoms with Crippen molar-refractivity contribution in [3.63, 3.8) is 0 Å². The number of nitrogens with one attached hydrogen (secondary N) is 1. The molecule has 2 rings (SSSR count). The van der Waals surface area contributed by atoms with Crippen molar-refractivity contribution in [2.24, 2.45) is 5.41 Å². The molecule has 0 saturated heterocycles. The Morgan fingerprint density at radius 3 is 2.42 bits per heavy atom. The third-order valence-electron chi connectivity index (χ3n) is 3.73. The van der Waals surface area contributed by atoms with Crippen molar-refractivity contribution in [2.45, 2.75) is 31.9 Å². The molecule has 1 aromatic rings. The number of halogens is 3. The molecule has 19 heavy (non-hydrogen) atoms. The molecule has 1 saturated carbocycles. The van der Waals surface area contributed by atoms with Crippen LogP contribution in [0.3, 0.4) is 0 Å². The fraction of sp³-hybridized carbons (Fsp3) is 0.615. The van der Waals surface area contributed by atoms with E-state index in [-0.39, 0.29) is 12.0 Å². The smallest absolute Gasteiger partial charge is 0.396 e. The molecule has 1 aliphatic rings. The molecule has 0 radical (unpaired) electrons. The zero-order valence-corrected chi connectivity index (χ0v) is 10.5. The van der Waals surface area contributed by atoms with Crippen molar-refractivity contribution in [3.8, 4) is 0 Å². The van der Waals surface area contributed by atoms with E-state index in [2.05, 4.69) is 10.3 Å². The Morgan fingerprint density at radius 2 is 1.95 bits per heavy atom. The van der Waals surface area contributed by atoms with Crippen LogP contribution in [0.5, 0.6) is 0 Å². The van der Waals surface area contributed by atoms with Gasteiger partial charge in [0.05, 0.1) is 12.2 Å². The van der Waals surface area contributed by atoms with Crippen LogP contribution in [-0.4, -0.2) is 23.2 Å². The summed E-state index contributed by atoms with van der Waals surface area (Å²) in [7, 11) is 0. The molecule has 3 nitrogen and oxygen atoms in total. The van der Waals surface area contributed by atoms with Gasteiger partial charge in [0, 0.05) is 18.2 Å². The fourth-order valence-corrected chi connectivity index (χ4v) is 2.46. The molecule has 2 N–H and O–H groups in total. The minimum Gasteiger partial charge on any atom is -0.396 e. The third-order valence-corrected chi connectivity index (χ3v) is 3.73. The molecule has 0 atom stereocenters. The lowest BCUT2D eigenvalue weighted by Crippen LogP contribution is -2.30. The standard InChI is InChI=1S/C13H17F3N2O/c14-13(15,16)10-3-4-11(17-7-10)18-8-12(9-19)5-1-2-6-12/h3-4,7,19H,1-2,5-6,8-9H2,(H,17,18). The van der Waals surface area contributed by atoms with Gasteiger partial charge in [-0.25, -0.2) is 4.98 Å². The van der Waals surface area contributed by atoms with Gasteiger partial charge in [0.15, 0.2) is 0 Å². The molecule has 1 fully saturated rings. The normalized spacial score (nSPS) is 18.5. The highest BCUT2D eigenvalue weighted by Gasteiger charge is 2.33. The predicted molar refractivity (Wildman–Crippen MR) is 65.7 cm³/mol. The summed E-state index contributed by atoms with van der Waals surface area (Å²) in [6, 6.07) is 2.33. The Bertz CT molecular complexity index is 411. The number of hydrogen-bond donors (Lipinski definition) is 2. The Labute approximate surface area is 109 Å². The maximum atomic E-state index is 12.4. The lowest BCUT2D eigenvalue weighted by molar-refractivity contribution is -0.137. The van der Waals surface area contributed by atoms with Gasteiger partial charge in [0.25, 0.3) is 0 Å². The second-order valence-corrected chi connectivity index (χ2v) is 5.15. The molecule has 0 unspecified atom stereocenters. The maximum Gasteiger partial charge on any atom is 0.417 e. The first-order valence-electron chi connectivity index (χ1n) is 6.33. The van der Waals surface area contributed by atoms with Crippen LogP contribution < -0.4 is 5.32 Å². The second-order valence-electron chi connectivity index (χ2n) is 5.15. The van der Waals surface area contributed by atoms with Crippen molar-refractivity contribution in [1.82, 2.24) is 4.98 Å². The summed E-state index contributed by atoms with van der Waals surface area (Å²) < 4.78 is 37.1. The van der Waals surface area contributed by atoms with Gasteiger partial charge < -0.3 is 10.4 Å². The fourth-order valence-electron chi connectivity index (χ4n) is 2.46. The molecule has 106 valence electrons. The summed E-state index contributed by atoms with van der Waals surface area (Å²) in [6.07, 6.45) is 0.519. The molecular formula is C13H17F3N2O. The number of pyridine rings is 1. The first kappa shape index (κ1) is 14.1. The van der Waals surface area contributed by atoms with Crippen molar-refractivity contribution in [1.29, 1.82) is 0 Å². The lowest BCUT2D eigenvalue weighted by atomic mass is 9.87. The molecule has 0 aliphatic heterocycles. The van der Waals surface area contributed by atoms with Gasteiger partial charge in [-0.2, -0.15) is 13.2 Å². The molecule has 1 heterocycles. The Kier molecular flexibility index (Phi) is 3.99. The molecular weight excluding hydrogens is 257 g/mol. The van der Waals surface area contributed by atoms with E-state index < -0.39 is 11.7 Å². The third kappa shape index (κ3) is 3.37. The highest BCUT2D eigenvalue weighted by molar-refractivity contribution is 5.36. The second kappa shape index (κ2) is 5.36. The van der Waals surface area contributed by atoms with Gasteiger partial charge in [-0.1, -0.05) is 12.8 Å². The van der Waals surface area contributed by atoms with E-state index >= 15 is 0 Å². The molecule has 0 bridgehead atoms. The number of aliphatic hydroxyl groups is 1. The van der Waals surface area contributed by atoms with Gasteiger partial charge in [-0.05, 0) is 25.0 Å². The van der Waals surface area contributed by atoms with E-state index in [1.165, 1.54) is 6.07 Å². The predicted octanol–water partition coefficient (Wildman–Crippen LogP) is 3.07. The van der Waals surface area contributed by atoms with Crippen molar-refractivity contribution >= 4 is 5.82 Å².